The van der Waals surface area contributed by atoms with Crippen molar-refractivity contribution < 1.29 is 9.53 Å². The Bertz CT molecular complexity index is 656. The predicted octanol–water partition coefficient (Wildman–Crippen LogP) is 1.50. The molecular formula is C16H17N3O2. The van der Waals surface area contributed by atoms with Crippen molar-refractivity contribution in [2.75, 3.05) is 13.7 Å². The number of rotatable bonds is 3. The largest absolute Gasteiger partial charge is 0.464 e. The molecule has 21 heavy (non-hydrogen) atoms. The molecule has 0 saturated carbocycles. The Morgan fingerprint density at radius 1 is 1.29 bits per heavy atom. The molecule has 108 valence electrons. The number of hydrogen-bond acceptors (Lipinski definition) is 5. The van der Waals surface area contributed by atoms with Crippen molar-refractivity contribution in [2.24, 2.45) is 0 Å². The van der Waals surface area contributed by atoms with E-state index in [0.717, 1.165) is 29.8 Å². The monoisotopic (exact) mass is 283 g/mol. The van der Waals surface area contributed by atoms with E-state index in [4.69, 9.17) is 4.74 Å². The van der Waals surface area contributed by atoms with Crippen molar-refractivity contribution in [1.82, 2.24) is 15.3 Å². The second-order valence-corrected chi connectivity index (χ2v) is 4.99. The number of nitrogens with one attached hydrogen (secondary N) is 1. The summed E-state index contributed by atoms with van der Waals surface area (Å²) in [4.78, 5) is 21.0. The van der Waals surface area contributed by atoms with Crippen molar-refractivity contribution in [3.05, 3.63) is 58.7 Å². The van der Waals surface area contributed by atoms with E-state index < -0.39 is 0 Å². The van der Waals surface area contributed by atoms with Crippen molar-refractivity contribution >= 4 is 5.97 Å². The van der Waals surface area contributed by atoms with Crippen LogP contribution in [0.5, 0.6) is 0 Å². The molecule has 1 aromatic heterocycles. The summed E-state index contributed by atoms with van der Waals surface area (Å²) in [5.41, 5.74) is 3.35. The lowest BCUT2D eigenvalue weighted by Crippen LogP contribution is -2.28. The van der Waals surface area contributed by atoms with Crippen LogP contribution in [0.15, 0.2) is 30.3 Å². The van der Waals surface area contributed by atoms with Crippen molar-refractivity contribution in [3.8, 4) is 0 Å². The molecule has 0 radical (unpaired) electrons. The van der Waals surface area contributed by atoms with E-state index in [-0.39, 0.29) is 5.97 Å². The lowest BCUT2D eigenvalue weighted by Gasteiger charge is -2.19. The average molecular weight is 283 g/mol. The minimum absolute atomic E-state index is 0.384. The molecule has 0 saturated heterocycles. The first kappa shape index (κ1) is 13.7. The maximum absolute atomic E-state index is 12.0. The van der Waals surface area contributed by atoms with E-state index >= 15 is 0 Å². The normalized spacial score (nSPS) is 13.6. The average Bonchev–Trinajstić information content (AvgIpc) is 2.54. The van der Waals surface area contributed by atoms with Crippen molar-refractivity contribution in [1.29, 1.82) is 0 Å². The van der Waals surface area contributed by atoms with Gasteiger partial charge in [-0.05, 0) is 18.5 Å². The second-order valence-electron chi connectivity index (χ2n) is 4.99. The quantitative estimate of drug-likeness (QED) is 0.865. The van der Waals surface area contributed by atoms with Crippen LogP contribution in [0, 0.1) is 0 Å². The molecule has 0 bridgehead atoms. The Morgan fingerprint density at radius 3 is 2.86 bits per heavy atom. The highest BCUT2D eigenvalue weighted by Crippen LogP contribution is 2.18. The van der Waals surface area contributed by atoms with Gasteiger partial charge in [-0.15, -0.1) is 0 Å². The summed E-state index contributed by atoms with van der Waals surface area (Å²) in [6, 6.07) is 9.99. The fraction of sp³-hybridized carbons (Fsp3) is 0.312. The number of carbonyl (C=O) groups excluding carboxylic acids is 1. The van der Waals surface area contributed by atoms with E-state index in [9.17, 15) is 4.79 Å². The van der Waals surface area contributed by atoms with Crippen LogP contribution in [-0.2, 0) is 24.1 Å². The molecule has 2 heterocycles. The second kappa shape index (κ2) is 6.01. The van der Waals surface area contributed by atoms with E-state index in [0.29, 0.717) is 24.5 Å². The summed E-state index contributed by atoms with van der Waals surface area (Å²) in [6.45, 7) is 1.50. The van der Waals surface area contributed by atoms with Gasteiger partial charge in [0.05, 0.1) is 12.8 Å². The molecular weight excluding hydrogens is 266 g/mol. The Labute approximate surface area is 123 Å². The number of aromatic nitrogens is 2. The first-order valence-electron chi connectivity index (χ1n) is 6.99. The summed E-state index contributed by atoms with van der Waals surface area (Å²) in [5, 5.41) is 3.27. The molecule has 0 fully saturated rings. The molecule has 0 atom stereocenters. The molecule has 5 heteroatoms. The molecule has 2 aromatic rings. The molecule has 1 N–H and O–H groups in total. The third-order valence-corrected chi connectivity index (χ3v) is 3.57. The zero-order chi connectivity index (χ0) is 14.7. The van der Waals surface area contributed by atoms with E-state index in [1.807, 2.05) is 30.3 Å². The van der Waals surface area contributed by atoms with Gasteiger partial charge < -0.3 is 10.1 Å². The van der Waals surface area contributed by atoms with Gasteiger partial charge >= 0.3 is 5.97 Å². The summed E-state index contributed by atoms with van der Waals surface area (Å²) in [7, 11) is 1.38. The van der Waals surface area contributed by atoms with Crippen LogP contribution < -0.4 is 5.32 Å². The van der Waals surface area contributed by atoms with Crippen LogP contribution in [-0.4, -0.2) is 29.6 Å². The van der Waals surface area contributed by atoms with Crippen molar-refractivity contribution in [2.45, 2.75) is 19.4 Å². The highest BCUT2D eigenvalue weighted by molar-refractivity contribution is 5.89. The van der Waals surface area contributed by atoms with Crippen LogP contribution in [0.1, 0.15) is 33.1 Å². The Morgan fingerprint density at radius 2 is 2.10 bits per heavy atom. The third-order valence-electron chi connectivity index (χ3n) is 3.57. The van der Waals surface area contributed by atoms with Crippen LogP contribution >= 0.6 is 0 Å². The SMILES string of the molecule is COC(=O)c1nc(Cc2ccccc2)nc2c1CCNC2. The lowest BCUT2D eigenvalue weighted by molar-refractivity contribution is 0.0591. The number of methoxy groups -OCH3 is 1. The highest BCUT2D eigenvalue weighted by atomic mass is 16.5. The first-order chi connectivity index (χ1) is 10.3. The van der Waals surface area contributed by atoms with Gasteiger partial charge in [-0.25, -0.2) is 14.8 Å². The standard InChI is InChI=1S/C16H17N3O2/c1-21-16(20)15-12-7-8-17-10-13(12)18-14(19-15)9-11-5-3-2-4-6-11/h2-6,17H,7-10H2,1H3. The zero-order valence-electron chi connectivity index (χ0n) is 11.9. The number of nitrogens with zero attached hydrogens (tertiary/aromatic N) is 2. The van der Waals surface area contributed by atoms with Gasteiger partial charge in [0, 0.05) is 18.5 Å². The number of ether oxygens (including phenoxy) is 1. The predicted molar refractivity (Wildman–Crippen MR) is 78.0 cm³/mol. The molecule has 1 aliphatic heterocycles. The van der Waals surface area contributed by atoms with Crippen LogP contribution in [0.2, 0.25) is 0 Å². The minimum atomic E-state index is -0.384. The number of benzene rings is 1. The van der Waals surface area contributed by atoms with Crippen LogP contribution in [0.25, 0.3) is 0 Å². The van der Waals surface area contributed by atoms with E-state index in [1.165, 1.54) is 7.11 Å². The Kier molecular flexibility index (Phi) is 3.92. The summed E-state index contributed by atoms with van der Waals surface area (Å²) in [5.74, 6) is 0.272. The van der Waals surface area contributed by atoms with Gasteiger partial charge in [0.15, 0.2) is 5.69 Å². The molecule has 1 aromatic carbocycles. The number of esters is 1. The van der Waals surface area contributed by atoms with Crippen molar-refractivity contribution in [3.63, 3.8) is 0 Å². The smallest absolute Gasteiger partial charge is 0.357 e. The molecule has 3 rings (SSSR count). The molecule has 0 amide bonds. The zero-order valence-corrected chi connectivity index (χ0v) is 11.9. The van der Waals surface area contributed by atoms with Crippen LogP contribution in [0.3, 0.4) is 0 Å². The molecule has 0 unspecified atom stereocenters. The maximum Gasteiger partial charge on any atom is 0.357 e. The van der Waals surface area contributed by atoms with E-state index in [2.05, 4.69) is 15.3 Å². The lowest BCUT2D eigenvalue weighted by atomic mass is 10.0. The minimum Gasteiger partial charge on any atom is -0.464 e. The van der Waals surface area contributed by atoms with Crippen LogP contribution in [0.4, 0.5) is 0 Å². The van der Waals surface area contributed by atoms with Gasteiger partial charge in [0.1, 0.15) is 5.82 Å². The third kappa shape index (κ3) is 2.92. The molecule has 0 spiro atoms. The number of fused-ring (bicyclic) bond motifs is 1. The summed E-state index contributed by atoms with van der Waals surface area (Å²) in [6.07, 6.45) is 1.36. The summed E-state index contributed by atoms with van der Waals surface area (Å²) >= 11 is 0. The highest BCUT2D eigenvalue weighted by Gasteiger charge is 2.22. The Hall–Kier alpha value is -2.27. The maximum atomic E-state index is 12.0. The van der Waals surface area contributed by atoms with Gasteiger partial charge in [-0.2, -0.15) is 0 Å². The molecule has 1 aliphatic rings. The number of hydrogen-bond donors (Lipinski definition) is 1. The van der Waals surface area contributed by atoms with E-state index in [1.54, 1.807) is 0 Å². The number of carbonyl (C=O) groups is 1. The van der Waals surface area contributed by atoms with Gasteiger partial charge in [-0.3, -0.25) is 0 Å². The van der Waals surface area contributed by atoms with Gasteiger partial charge in [-0.1, -0.05) is 30.3 Å². The van der Waals surface area contributed by atoms with Gasteiger partial charge in [0.2, 0.25) is 0 Å². The fourth-order valence-corrected chi connectivity index (χ4v) is 2.53. The Balaban J connectivity index is 2.00. The van der Waals surface area contributed by atoms with Gasteiger partial charge in [0.25, 0.3) is 0 Å². The fourth-order valence-electron chi connectivity index (χ4n) is 2.53. The first-order valence-corrected chi connectivity index (χ1v) is 6.99. The summed E-state index contributed by atoms with van der Waals surface area (Å²) < 4.78 is 4.86. The molecule has 0 aliphatic carbocycles. The molecule has 5 nitrogen and oxygen atoms in total. The topological polar surface area (TPSA) is 64.1 Å².